The van der Waals surface area contributed by atoms with Crippen molar-refractivity contribution < 1.29 is 9.53 Å². The normalized spacial score (nSPS) is 26.7. The van der Waals surface area contributed by atoms with Crippen LogP contribution in [0.1, 0.15) is 23.8 Å². The van der Waals surface area contributed by atoms with Gasteiger partial charge in [0, 0.05) is 19.6 Å². The summed E-state index contributed by atoms with van der Waals surface area (Å²) in [5.41, 5.74) is 0.789. The van der Waals surface area contributed by atoms with Crippen molar-refractivity contribution >= 4 is 50.9 Å². The van der Waals surface area contributed by atoms with Crippen molar-refractivity contribution in [1.29, 1.82) is 0 Å². The number of benzene rings is 1. The van der Waals surface area contributed by atoms with Crippen molar-refractivity contribution in [2.75, 3.05) is 39.4 Å². The molecule has 0 bridgehead atoms. The molecule has 1 unspecified atom stereocenters. The molecule has 158 valence electrons. The number of nitrogens with zero attached hydrogens (tertiary/aromatic N) is 4. The molecule has 0 radical (unpaired) electrons. The summed E-state index contributed by atoms with van der Waals surface area (Å²) >= 11 is 7.78. The lowest BCUT2D eigenvalue weighted by Crippen LogP contribution is -2.53. The fourth-order valence-corrected chi connectivity index (χ4v) is 5.29. The zero-order valence-electron chi connectivity index (χ0n) is 16.4. The van der Waals surface area contributed by atoms with Crippen molar-refractivity contribution in [3.05, 3.63) is 28.2 Å². The lowest BCUT2D eigenvalue weighted by atomic mass is 10.0. The molecule has 2 fully saturated rings. The first kappa shape index (κ1) is 19.9. The van der Waals surface area contributed by atoms with Crippen LogP contribution in [0.4, 0.5) is 0 Å². The second-order valence-electron chi connectivity index (χ2n) is 7.58. The summed E-state index contributed by atoms with van der Waals surface area (Å²) in [5, 5.41) is 7.67. The van der Waals surface area contributed by atoms with E-state index in [4.69, 9.17) is 31.3 Å². The number of fused-ring (bicyclic) bond motifs is 1. The highest BCUT2D eigenvalue weighted by Crippen LogP contribution is 2.34. The highest BCUT2D eigenvalue weighted by molar-refractivity contribution is 7.19. The molecule has 8 nitrogen and oxygen atoms in total. The molecule has 2 N–H and O–H groups in total. The third kappa shape index (κ3) is 3.94. The number of hydrogen-bond donors (Lipinski definition) is 2. The van der Waals surface area contributed by atoms with Gasteiger partial charge in [0.1, 0.15) is 16.8 Å². The van der Waals surface area contributed by atoms with Gasteiger partial charge < -0.3 is 15.0 Å². The number of morpholine rings is 1. The summed E-state index contributed by atoms with van der Waals surface area (Å²) in [7, 11) is 0. The Hall–Kier alpha value is -2.07. The van der Waals surface area contributed by atoms with Gasteiger partial charge in [0.2, 0.25) is 11.9 Å². The summed E-state index contributed by atoms with van der Waals surface area (Å²) < 4.78 is 6.31. The lowest BCUT2D eigenvalue weighted by molar-refractivity contribution is -0.120. The predicted molar refractivity (Wildman–Crippen MR) is 119 cm³/mol. The molecule has 30 heavy (non-hydrogen) atoms. The van der Waals surface area contributed by atoms with Crippen LogP contribution in [0.2, 0.25) is 5.02 Å². The number of rotatable bonds is 2. The Morgan fingerprint density at radius 2 is 2.17 bits per heavy atom. The molecule has 5 rings (SSSR count). The van der Waals surface area contributed by atoms with Crippen LogP contribution < -0.4 is 10.6 Å². The number of aromatic nitrogens is 1. The summed E-state index contributed by atoms with van der Waals surface area (Å²) in [5.74, 6) is 0.305. The number of amidine groups is 1. The van der Waals surface area contributed by atoms with Crippen molar-refractivity contribution in [3.8, 4) is 0 Å². The Kier molecular flexibility index (Phi) is 5.68. The minimum Gasteiger partial charge on any atom is -0.378 e. The third-order valence-electron chi connectivity index (χ3n) is 5.50. The van der Waals surface area contributed by atoms with Gasteiger partial charge in [-0.1, -0.05) is 17.7 Å². The van der Waals surface area contributed by atoms with Gasteiger partial charge in [-0.15, -0.1) is 11.3 Å². The molecule has 0 spiro atoms. The molecule has 10 heteroatoms. The third-order valence-corrected chi connectivity index (χ3v) is 7.10. The fraction of sp³-hybridized carbons (Fsp3) is 0.500. The zero-order valence-corrected chi connectivity index (χ0v) is 18.0. The number of guanidine groups is 1. The quantitative estimate of drug-likeness (QED) is 0.736. The van der Waals surface area contributed by atoms with Crippen molar-refractivity contribution in [3.63, 3.8) is 0 Å². The molecular formula is C20H23ClN6O2S. The topological polar surface area (TPSA) is 91.2 Å². The first-order chi connectivity index (χ1) is 14.7. The van der Waals surface area contributed by atoms with Crippen LogP contribution >= 0.6 is 22.9 Å². The number of carbonyl (C=O) groups is 1. The molecule has 0 aliphatic carbocycles. The van der Waals surface area contributed by atoms with Gasteiger partial charge in [-0.25, -0.2) is 4.98 Å². The predicted octanol–water partition coefficient (Wildman–Crippen LogP) is 2.00. The van der Waals surface area contributed by atoms with Crippen LogP contribution in [-0.2, 0) is 9.53 Å². The summed E-state index contributed by atoms with van der Waals surface area (Å²) in [6.07, 6.45) is 2.05. The van der Waals surface area contributed by atoms with E-state index in [-0.39, 0.29) is 11.9 Å². The zero-order chi connectivity index (χ0) is 20.5. The Labute approximate surface area is 183 Å². The van der Waals surface area contributed by atoms with E-state index in [1.54, 1.807) is 0 Å². The first-order valence-corrected chi connectivity index (χ1v) is 11.4. The molecule has 0 saturated carbocycles. The maximum atomic E-state index is 13.2. The number of aliphatic imine (C=N–C) groups is 2. The Morgan fingerprint density at radius 1 is 1.30 bits per heavy atom. The smallest absolute Gasteiger partial charge is 0.244 e. The van der Waals surface area contributed by atoms with Gasteiger partial charge in [-0.2, -0.15) is 4.99 Å². The number of nitrogens with one attached hydrogen (secondary N) is 2. The van der Waals surface area contributed by atoms with E-state index in [0.29, 0.717) is 48.1 Å². The van der Waals surface area contributed by atoms with Gasteiger partial charge in [0.15, 0.2) is 0 Å². The van der Waals surface area contributed by atoms with E-state index in [1.165, 1.54) is 11.3 Å². The number of ether oxygens (including phenoxy) is 1. The number of carbonyl (C=O) groups excluding carboxylic acids is 1. The molecule has 2 atom stereocenters. The Balaban J connectivity index is 1.54. The number of halogens is 1. The average Bonchev–Trinajstić information content (AvgIpc) is 3.20. The van der Waals surface area contributed by atoms with Gasteiger partial charge in [-0.3, -0.25) is 15.1 Å². The molecule has 1 aromatic carbocycles. The van der Waals surface area contributed by atoms with Crippen molar-refractivity contribution in [2.45, 2.75) is 24.8 Å². The fourth-order valence-electron chi connectivity index (χ4n) is 3.94. The Bertz CT molecular complexity index is 1010. The van der Waals surface area contributed by atoms with E-state index in [2.05, 4.69) is 10.6 Å². The summed E-state index contributed by atoms with van der Waals surface area (Å²) in [6, 6.07) is 5.72. The highest BCUT2D eigenvalue weighted by Gasteiger charge is 2.37. The lowest BCUT2D eigenvalue weighted by Gasteiger charge is -2.33. The van der Waals surface area contributed by atoms with E-state index >= 15 is 0 Å². The molecule has 2 saturated heterocycles. The van der Waals surface area contributed by atoms with Crippen molar-refractivity contribution in [2.24, 2.45) is 9.98 Å². The number of hydrogen-bond acceptors (Lipinski definition) is 7. The molecule has 3 aliphatic rings. The van der Waals surface area contributed by atoms with Gasteiger partial charge in [0.05, 0.1) is 34.5 Å². The van der Waals surface area contributed by atoms with Crippen LogP contribution in [0.25, 0.3) is 10.2 Å². The maximum absolute atomic E-state index is 13.2. The minimum atomic E-state index is -0.634. The summed E-state index contributed by atoms with van der Waals surface area (Å²) in [6.45, 7) is 4.43. The SMILES string of the molecule is O=C1NC(N2CCOCC2)=NC(=N[C@@H]2CCCNC2)C1c1nc2cccc(Cl)c2s1. The van der Waals surface area contributed by atoms with Crippen LogP contribution in [0.5, 0.6) is 0 Å². The van der Waals surface area contributed by atoms with Crippen LogP contribution in [0.15, 0.2) is 28.2 Å². The van der Waals surface area contributed by atoms with Crippen LogP contribution in [-0.4, -0.2) is 73.0 Å². The van der Waals surface area contributed by atoms with E-state index < -0.39 is 5.92 Å². The standard InChI is InChI=1S/C20H23ClN6O2S/c21-13-4-1-5-14-16(13)30-19(24-14)15-17(23-12-3-2-6-22-11-12)25-20(26-18(15)28)27-7-9-29-10-8-27/h1,4-5,12,15,22H,2-3,6-11H2,(H,23,25,26,28)/t12-,15?/m1/s1. The number of amides is 1. The van der Waals surface area contributed by atoms with Gasteiger partial charge in [-0.05, 0) is 31.5 Å². The Morgan fingerprint density at radius 3 is 2.93 bits per heavy atom. The highest BCUT2D eigenvalue weighted by atomic mass is 35.5. The monoisotopic (exact) mass is 446 g/mol. The summed E-state index contributed by atoms with van der Waals surface area (Å²) in [4.78, 5) is 29.7. The minimum absolute atomic E-state index is 0.106. The molecule has 3 aliphatic heterocycles. The van der Waals surface area contributed by atoms with Crippen molar-refractivity contribution in [1.82, 2.24) is 20.5 Å². The number of thiazole rings is 1. The molecule has 1 aromatic heterocycles. The molecule has 4 heterocycles. The van der Waals surface area contributed by atoms with E-state index in [1.807, 2.05) is 23.1 Å². The van der Waals surface area contributed by atoms with E-state index in [0.717, 1.165) is 36.1 Å². The second-order valence-corrected chi connectivity index (χ2v) is 9.02. The molecule has 1 amide bonds. The molecular weight excluding hydrogens is 424 g/mol. The second kappa shape index (κ2) is 8.58. The largest absolute Gasteiger partial charge is 0.378 e. The molecule has 2 aromatic rings. The van der Waals surface area contributed by atoms with Gasteiger partial charge in [0.25, 0.3) is 0 Å². The van der Waals surface area contributed by atoms with E-state index in [9.17, 15) is 4.79 Å². The van der Waals surface area contributed by atoms with Crippen LogP contribution in [0.3, 0.4) is 0 Å². The maximum Gasteiger partial charge on any atom is 0.244 e. The average molecular weight is 447 g/mol. The van der Waals surface area contributed by atoms with Gasteiger partial charge >= 0.3 is 0 Å². The van der Waals surface area contributed by atoms with Crippen LogP contribution in [0, 0.1) is 0 Å². The number of piperidine rings is 1. The first-order valence-electron chi connectivity index (χ1n) is 10.2.